The number of amides is 1. The molecule has 0 aromatic carbocycles. The Morgan fingerprint density at radius 1 is 1.53 bits per heavy atom. The van der Waals surface area contributed by atoms with Crippen molar-refractivity contribution in [3.05, 3.63) is 17.3 Å². The minimum atomic E-state index is -1.04. The second-order valence-electron chi connectivity index (χ2n) is 4.27. The molecule has 1 amide bonds. The molecule has 0 saturated carbocycles. The van der Waals surface area contributed by atoms with Crippen molar-refractivity contribution >= 4 is 34.0 Å². The van der Waals surface area contributed by atoms with Gasteiger partial charge in [-0.1, -0.05) is 0 Å². The molecular weight excluding hydrogens is 268 g/mol. The van der Waals surface area contributed by atoms with Crippen LogP contribution in [0.15, 0.2) is 11.6 Å². The van der Waals surface area contributed by atoms with Crippen LogP contribution in [-0.4, -0.2) is 46.0 Å². The molecule has 8 heteroatoms. The van der Waals surface area contributed by atoms with Crippen molar-refractivity contribution in [1.29, 1.82) is 0 Å². The fourth-order valence-electron chi connectivity index (χ4n) is 2.18. The highest BCUT2D eigenvalue weighted by molar-refractivity contribution is 7.15. The van der Waals surface area contributed by atoms with Gasteiger partial charge in [-0.2, -0.15) is 0 Å². The van der Waals surface area contributed by atoms with Crippen LogP contribution in [0, 0.1) is 0 Å². The Morgan fingerprint density at radius 2 is 2.37 bits per heavy atom. The summed E-state index contributed by atoms with van der Waals surface area (Å²) >= 11 is 1.37. The first kappa shape index (κ1) is 12.0. The zero-order valence-corrected chi connectivity index (χ0v) is 10.8. The number of carbonyl (C=O) groups excluding carboxylic acids is 1. The monoisotopic (exact) mass is 280 g/mol. The standard InChI is InChI=1S/C11H12N4O3S/c16-7-6-14(3-1-2-12-7)9-8(10(17)18)15-4-5-19-11(15)13-9/h4-5H,1-3,6H2,(H,12,16)(H,17,18). The van der Waals surface area contributed by atoms with E-state index in [1.165, 1.54) is 11.3 Å². The molecule has 0 radical (unpaired) electrons. The van der Waals surface area contributed by atoms with E-state index in [0.29, 0.717) is 23.9 Å². The number of carboxylic acids is 1. The first-order chi connectivity index (χ1) is 9.16. The highest BCUT2D eigenvalue weighted by Crippen LogP contribution is 2.25. The van der Waals surface area contributed by atoms with Crippen molar-refractivity contribution in [3.63, 3.8) is 0 Å². The highest BCUT2D eigenvalue weighted by Gasteiger charge is 2.26. The second kappa shape index (κ2) is 4.54. The molecule has 0 spiro atoms. The molecular formula is C11H12N4O3S. The van der Waals surface area contributed by atoms with E-state index in [4.69, 9.17) is 0 Å². The summed E-state index contributed by atoms with van der Waals surface area (Å²) in [5.74, 6) is -0.771. The Hall–Kier alpha value is -2.09. The number of anilines is 1. The van der Waals surface area contributed by atoms with Crippen LogP contribution in [0.25, 0.3) is 4.96 Å². The molecule has 0 bridgehead atoms. The third-order valence-electron chi connectivity index (χ3n) is 3.01. The van der Waals surface area contributed by atoms with E-state index in [1.54, 1.807) is 20.9 Å². The van der Waals surface area contributed by atoms with Crippen molar-refractivity contribution in [2.45, 2.75) is 6.42 Å². The van der Waals surface area contributed by atoms with E-state index in [-0.39, 0.29) is 18.1 Å². The molecule has 0 atom stereocenters. The Balaban J connectivity index is 2.07. The van der Waals surface area contributed by atoms with Gasteiger partial charge in [0.15, 0.2) is 16.5 Å². The number of rotatable bonds is 2. The highest BCUT2D eigenvalue weighted by atomic mass is 32.1. The van der Waals surface area contributed by atoms with Crippen LogP contribution in [0.1, 0.15) is 16.9 Å². The Bertz CT molecular complexity index is 647. The second-order valence-corrected chi connectivity index (χ2v) is 5.14. The number of hydrogen-bond donors (Lipinski definition) is 2. The topological polar surface area (TPSA) is 86.9 Å². The molecule has 1 aliphatic rings. The Morgan fingerprint density at radius 3 is 3.16 bits per heavy atom. The summed E-state index contributed by atoms with van der Waals surface area (Å²) in [6, 6.07) is 0. The molecule has 2 aromatic heterocycles. The maximum absolute atomic E-state index is 11.6. The molecule has 1 saturated heterocycles. The number of carbonyl (C=O) groups is 2. The Labute approximate surface area is 112 Å². The van der Waals surface area contributed by atoms with E-state index >= 15 is 0 Å². The minimum Gasteiger partial charge on any atom is -0.476 e. The van der Waals surface area contributed by atoms with Gasteiger partial charge in [0.05, 0.1) is 6.54 Å². The predicted molar refractivity (Wildman–Crippen MR) is 69.9 cm³/mol. The molecule has 0 aliphatic carbocycles. The van der Waals surface area contributed by atoms with Crippen LogP contribution >= 0.6 is 11.3 Å². The fourth-order valence-corrected chi connectivity index (χ4v) is 2.89. The van der Waals surface area contributed by atoms with E-state index in [2.05, 4.69) is 10.3 Å². The van der Waals surface area contributed by atoms with Crippen LogP contribution < -0.4 is 10.2 Å². The van der Waals surface area contributed by atoms with Crippen LogP contribution in [0.5, 0.6) is 0 Å². The number of nitrogens with one attached hydrogen (secondary N) is 1. The molecule has 19 heavy (non-hydrogen) atoms. The Kier molecular flexibility index (Phi) is 2.86. The molecule has 7 nitrogen and oxygen atoms in total. The molecule has 100 valence electrons. The fraction of sp³-hybridized carbons (Fsp3) is 0.364. The van der Waals surface area contributed by atoms with Gasteiger partial charge in [-0.05, 0) is 6.42 Å². The van der Waals surface area contributed by atoms with Gasteiger partial charge in [0, 0.05) is 24.7 Å². The average Bonchev–Trinajstić information content (AvgIpc) is 2.85. The number of aromatic nitrogens is 2. The predicted octanol–water partition coefficient (Wildman–Crippen LogP) is 0.420. The number of carboxylic acid groups (broad SMARTS) is 1. The summed E-state index contributed by atoms with van der Waals surface area (Å²) in [5.41, 5.74) is 0.117. The van der Waals surface area contributed by atoms with Gasteiger partial charge in [-0.3, -0.25) is 9.20 Å². The SMILES string of the molecule is O=C1CN(c2nc3sccn3c2C(=O)O)CCCN1. The molecule has 2 aromatic rings. The maximum atomic E-state index is 11.6. The van der Waals surface area contributed by atoms with Gasteiger partial charge in [0.25, 0.3) is 0 Å². The zero-order valence-electron chi connectivity index (χ0n) is 10.00. The summed E-state index contributed by atoms with van der Waals surface area (Å²) in [4.78, 5) is 29.7. The van der Waals surface area contributed by atoms with E-state index < -0.39 is 5.97 Å². The maximum Gasteiger partial charge on any atom is 0.356 e. The van der Waals surface area contributed by atoms with Crippen LogP contribution in [0.2, 0.25) is 0 Å². The number of nitrogens with zero attached hydrogens (tertiary/aromatic N) is 3. The normalized spacial score (nSPS) is 16.4. The summed E-state index contributed by atoms with van der Waals surface area (Å²) in [6.07, 6.45) is 2.45. The first-order valence-electron chi connectivity index (χ1n) is 5.87. The lowest BCUT2D eigenvalue weighted by atomic mass is 10.3. The van der Waals surface area contributed by atoms with Crippen molar-refractivity contribution in [1.82, 2.24) is 14.7 Å². The molecule has 3 heterocycles. The van der Waals surface area contributed by atoms with Crippen LogP contribution in [0.3, 0.4) is 0 Å². The lowest BCUT2D eigenvalue weighted by Crippen LogP contribution is -2.34. The quantitative estimate of drug-likeness (QED) is 0.832. The van der Waals surface area contributed by atoms with Gasteiger partial charge >= 0.3 is 5.97 Å². The smallest absolute Gasteiger partial charge is 0.356 e. The summed E-state index contributed by atoms with van der Waals surface area (Å²) in [5, 5.41) is 13.9. The van der Waals surface area contributed by atoms with Crippen molar-refractivity contribution in [2.24, 2.45) is 0 Å². The lowest BCUT2D eigenvalue weighted by molar-refractivity contribution is -0.119. The summed E-state index contributed by atoms with van der Waals surface area (Å²) in [6.45, 7) is 1.37. The third-order valence-corrected chi connectivity index (χ3v) is 3.76. The molecule has 3 rings (SSSR count). The molecule has 1 fully saturated rings. The van der Waals surface area contributed by atoms with Crippen LogP contribution in [0.4, 0.5) is 5.82 Å². The third kappa shape index (κ3) is 2.03. The number of fused-ring (bicyclic) bond motifs is 1. The van der Waals surface area contributed by atoms with Crippen molar-refractivity contribution < 1.29 is 14.7 Å². The van der Waals surface area contributed by atoms with E-state index in [1.807, 2.05) is 0 Å². The molecule has 1 aliphatic heterocycles. The van der Waals surface area contributed by atoms with Gasteiger partial charge in [0.1, 0.15) is 0 Å². The minimum absolute atomic E-state index is 0.106. The average molecular weight is 280 g/mol. The van der Waals surface area contributed by atoms with Gasteiger partial charge < -0.3 is 15.3 Å². The summed E-state index contributed by atoms with van der Waals surface area (Å²) < 4.78 is 1.55. The molecule has 0 unspecified atom stereocenters. The van der Waals surface area contributed by atoms with Gasteiger partial charge in [-0.15, -0.1) is 11.3 Å². The largest absolute Gasteiger partial charge is 0.476 e. The zero-order chi connectivity index (χ0) is 13.4. The number of imidazole rings is 1. The first-order valence-corrected chi connectivity index (χ1v) is 6.75. The van der Waals surface area contributed by atoms with Gasteiger partial charge in [0.2, 0.25) is 5.91 Å². The van der Waals surface area contributed by atoms with Crippen molar-refractivity contribution in [2.75, 3.05) is 24.5 Å². The van der Waals surface area contributed by atoms with E-state index in [9.17, 15) is 14.7 Å². The van der Waals surface area contributed by atoms with E-state index in [0.717, 1.165) is 6.42 Å². The van der Waals surface area contributed by atoms with Gasteiger partial charge in [-0.25, -0.2) is 9.78 Å². The number of aromatic carboxylic acids is 1. The lowest BCUT2D eigenvalue weighted by Gasteiger charge is -2.18. The van der Waals surface area contributed by atoms with Crippen molar-refractivity contribution in [3.8, 4) is 0 Å². The summed E-state index contributed by atoms with van der Waals surface area (Å²) in [7, 11) is 0. The van der Waals surface area contributed by atoms with Crippen LogP contribution in [-0.2, 0) is 4.79 Å². The number of hydrogen-bond acceptors (Lipinski definition) is 5. The number of thiazole rings is 1. The molecule has 2 N–H and O–H groups in total.